The van der Waals surface area contributed by atoms with Crippen molar-refractivity contribution in [3.8, 4) is 0 Å². The molecule has 0 rings (SSSR count). The number of carboxylic acids is 1. The van der Waals surface area contributed by atoms with Crippen molar-refractivity contribution in [2.45, 2.75) is 25.9 Å². The van der Waals surface area contributed by atoms with Crippen molar-refractivity contribution in [2.24, 2.45) is 5.84 Å². The Balaban J connectivity index is 0. The van der Waals surface area contributed by atoms with Gasteiger partial charge in [0.2, 0.25) is 0 Å². The average Bonchev–Trinajstić information content (AvgIpc) is 2.00. The number of rotatable bonds is 4. The van der Waals surface area contributed by atoms with Gasteiger partial charge in [-0.25, -0.2) is 4.59 Å². The second kappa shape index (κ2) is 5.64. The van der Waals surface area contributed by atoms with Crippen LogP contribution in [0.5, 0.6) is 0 Å². The molecule has 1 amide bonds. The zero-order chi connectivity index (χ0) is 11.5. The fourth-order valence-corrected chi connectivity index (χ4v) is 0.698. The summed E-state index contributed by atoms with van der Waals surface area (Å²) < 4.78 is -0.0296. The van der Waals surface area contributed by atoms with Gasteiger partial charge in [0, 0.05) is 0 Å². The standard InChI is InChI=1S/C8H17N3O3.H2O/c1-5(8(13)14)10-7(12)6(2)11(3,4)9;/h5-6H,9H2,1-4H3,(H-,10,12,13,14);1H2. The molecular formula is C8H19N3O4. The van der Waals surface area contributed by atoms with Crippen LogP contribution in [-0.4, -0.2) is 53.2 Å². The molecule has 0 saturated heterocycles. The number of carboxylic acid groups (broad SMARTS) is 1. The zero-order valence-electron chi connectivity index (χ0n) is 9.39. The van der Waals surface area contributed by atoms with E-state index in [9.17, 15) is 9.59 Å². The summed E-state index contributed by atoms with van der Waals surface area (Å²) in [6, 6.07) is -1.38. The zero-order valence-corrected chi connectivity index (χ0v) is 9.39. The van der Waals surface area contributed by atoms with Crippen LogP contribution in [0.1, 0.15) is 13.8 Å². The molecule has 0 radical (unpaired) electrons. The van der Waals surface area contributed by atoms with Gasteiger partial charge >= 0.3 is 5.97 Å². The van der Waals surface area contributed by atoms with Gasteiger partial charge in [-0.2, -0.15) is 5.84 Å². The highest BCUT2D eigenvalue weighted by molar-refractivity contribution is 5.85. The van der Waals surface area contributed by atoms with E-state index in [1.807, 2.05) is 0 Å². The number of hydrogen-bond donors (Lipinski definition) is 3. The molecule has 0 aromatic carbocycles. The van der Waals surface area contributed by atoms with E-state index in [1.54, 1.807) is 21.0 Å². The first-order chi connectivity index (χ1) is 6.16. The molecule has 0 fully saturated rings. The molecule has 0 aromatic heterocycles. The Kier molecular flexibility index (Phi) is 6.11. The fourth-order valence-electron chi connectivity index (χ4n) is 0.698. The van der Waals surface area contributed by atoms with E-state index in [4.69, 9.17) is 10.9 Å². The van der Waals surface area contributed by atoms with Crippen molar-refractivity contribution in [3.05, 3.63) is 0 Å². The Morgan fingerprint density at radius 1 is 1.33 bits per heavy atom. The Bertz CT molecular complexity index is 237. The molecule has 7 heteroatoms. The van der Waals surface area contributed by atoms with Gasteiger partial charge in [0.25, 0.3) is 5.91 Å². The molecule has 0 heterocycles. The van der Waals surface area contributed by atoms with Crippen LogP contribution in [0.2, 0.25) is 0 Å². The van der Waals surface area contributed by atoms with E-state index in [-0.39, 0.29) is 16.0 Å². The molecule has 0 spiro atoms. The van der Waals surface area contributed by atoms with Crippen LogP contribution in [-0.2, 0) is 9.59 Å². The minimum Gasteiger partial charge on any atom is -0.870 e. The van der Waals surface area contributed by atoms with Crippen LogP contribution < -0.4 is 11.2 Å². The van der Waals surface area contributed by atoms with Gasteiger partial charge in [-0.15, -0.1) is 0 Å². The van der Waals surface area contributed by atoms with Gasteiger partial charge in [0.05, 0.1) is 14.1 Å². The van der Waals surface area contributed by atoms with Gasteiger partial charge in [-0.05, 0) is 13.8 Å². The molecular weight excluding hydrogens is 202 g/mol. The lowest BCUT2D eigenvalue weighted by Gasteiger charge is -2.29. The van der Waals surface area contributed by atoms with Gasteiger partial charge < -0.3 is 15.9 Å². The second-order valence-electron chi connectivity index (χ2n) is 3.87. The average molecular weight is 221 g/mol. The van der Waals surface area contributed by atoms with Gasteiger partial charge in [-0.1, -0.05) is 0 Å². The molecule has 7 nitrogen and oxygen atoms in total. The maximum atomic E-state index is 11.4. The lowest BCUT2D eigenvalue weighted by molar-refractivity contribution is -0.915. The number of aliphatic carboxylic acids is 1. The summed E-state index contributed by atoms with van der Waals surface area (Å²) in [4.78, 5) is 21.9. The van der Waals surface area contributed by atoms with E-state index < -0.39 is 18.1 Å². The topological polar surface area (TPSA) is 122 Å². The minimum absolute atomic E-state index is 0. The fraction of sp³-hybridized carbons (Fsp3) is 0.750. The Hall–Kier alpha value is -1.18. The van der Waals surface area contributed by atoms with Crippen LogP contribution in [0.25, 0.3) is 0 Å². The first-order valence-corrected chi connectivity index (χ1v) is 4.31. The molecule has 0 aliphatic carbocycles. The molecule has 0 aliphatic rings. The van der Waals surface area contributed by atoms with E-state index in [2.05, 4.69) is 5.32 Å². The van der Waals surface area contributed by atoms with E-state index >= 15 is 0 Å². The summed E-state index contributed by atoms with van der Waals surface area (Å²) in [6.45, 7) is 3.05. The van der Waals surface area contributed by atoms with E-state index in [0.29, 0.717) is 0 Å². The van der Waals surface area contributed by atoms with Crippen LogP contribution in [0, 0.1) is 0 Å². The number of likely N-dealkylation sites (N-methyl/N-ethyl adjacent to an activating group) is 1. The van der Waals surface area contributed by atoms with Crippen molar-refractivity contribution in [1.82, 2.24) is 5.32 Å². The van der Waals surface area contributed by atoms with Gasteiger partial charge in [0.1, 0.15) is 6.04 Å². The second-order valence-corrected chi connectivity index (χ2v) is 3.87. The molecule has 0 saturated carbocycles. The molecule has 90 valence electrons. The first kappa shape index (κ1) is 16.3. The highest BCUT2D eigenvalue weighted by Gasteiger charge is 2.29. The van der Waals surface area contributed by atoms with Crippen LogP contribution in [0.15, 0.2) is 0 Å². The number of nitrogens with one attached hydrogen (secondary N) is 1. The summed E-state index contributed by atoms with van der Waals surface area (Å²) in [7, 11) is 3.32. The summed E-state index contributed by atoms with van der Waals surface area (Å²) >= 11 is 0. The van der Waals surface area contributed by atoms with Crippen molar-refractivity contribution < 1.29 is 24.8 Å². The van der Waals surface area contributed by atoms with Gasteiger partial charge in [0.15, 0.2) is 6.04 Å². The number of hydrogen-bond acceptors (Lipinski definition) is 4. The summed E-state index contributed by atoms with van der Waals surface area (Å²) in [5.41, 5.74) is 0. The predicted octanol–water partition coefficient (Wildman–Crippen LogP) is -1.26. The molecule has 0 aliphatic heterocycles. The number of quaternary nitrogens is 1. The van der Waals surface area contributed by atoms with Crippen LogP contribution in [0.3, 0.4) is 0 Å². The van der Waals surface area contributed by atoms with Gasteiger partial charge in [-0.3, -0.25) is 9.59 Å². The molecule has 5 N–H and O–H groups in total. The molecule has 2 unspecified atom stereocenters. The number of carbonyl (C=O) groups is 2. The summed E-state index contributed by atoms with van der Waals surface area (Å²) in [6.07, 6.45) is 0. The lowest BCUT2D eigenvalue weighted by atomic mass is 10.2. The Morgan fingerprint density at radius 3 is 2.00 bits per heavy atom. The Labute approximate surface area is 88.7 Å². The summed E-state index contributed by atoms with van der Waals surface area (Å²) in [5.74, 6) is 4.23. The molecule has 15 heavy (non-hydrogen) atoms. The predicted molar refractivity (Wildman–Crippen MR) is 52.9 cm³/mol. The molecule has 0 aromatic rings. The monoisotopic (exact) mass is 221 g/mol. The van der Waals surface area contributed by atoms with Crippen molar-refractivity contribution in [1.29, 1.82) is 0 Å². The normalized spacial score (nSPS) is 14.7. The summed E-state index contributed by atoms with van der Waals surface area (Å²) in [5, 5.41) is 10.9. The van der Waals surface area contributed by atoms with Crippen molar-refractivity contribution in [3.63, 3.8) is 0 Å². The molecule has 2 atom stereocenters. The maximum Gasteiger partial charge on any atom is 0.325 e. The lowest BCUT2D eigenvalue weighted by Crippen LogP contribution is -2.60. The SMILES string of the molecule is CC(NC(=O)C(C)[N+](C)(C)N)C(=O)O.[OH-]. The highest BCUT2D eigenvalue weighted by Crippen LogP contribution is 1.98. The number of amides is 1. The third kappa shape index (κ3) is 5.31. The Morgan fingerprint density at radius 2 is 1.73 bits per heavy atom. The quantitative estimate of drug-likeness (QED) is 0.310. The van der Waals surface area contributed by atoms with Crippen molar-refractivity contribution in [2.75, 3.05) is 14.1 Å². The number of carbonyl (C=O) groups excluding carboxylic acids is 1. The maximum absolute atomic E-state index is 11.4. The largest absolute Gasteiger partial charge is 0.870 e. The van der Waals surface area contributed by atoms with Crippen molar-refractivity contribution >= 4 is 11.9 Å². The first-order valence-electron chi connectivity index (χ1n) is 4.31. The van der Waals surface area contributed by atoms with Crippen LogP contribution in [0.4, 0.5) is 0 Å². The highest BCUT2D eigenvalue weighted by atomic mass is 16.4. The van der Waals surface area contributed by atoms with E-state index in [0.717, 1.165) is 0 Å². The number of nitrogens with zero attached hydrogens (tertiary/aromatic N) is 1. The third-order valence-corrected chi connectivity index (χ3v) is 2.11. The minimum atomic E-state index is -1.06. The number of nitrogens with two attached hydrogens (primary N) is 1. The van der Waals surface area contributed by atoms with E-state index in [1.165, 1.54) is 6.92 Å². The third-order valence-electron chi connectivity index (χ3n) is 2.11. The van der Waals surface area contributed by atoms with Crippen LogP contribution >= 0.6 is 0 Å². The molecule has 0 bridgehead atoms. The smallest absolute Gasteiger partial charge is 0.325 e.